The normalized spacial score (nSPS) is 15.6. The van der Waals surface area contributed by atoms with E-state index in [1.54, 1.807) is 26.4 Å². The Hall–Kier alpha value is -3.35. The second kappa shape index (κ2) is 9.43. The van der Waals surface area contributed by atoms with Crippen molar-refractivity contribution in [2.24, 2.45) is 5.10 Å². The van der Waals surface area contributed by atoms with Crippen molar-refractivity contribution in [2.45, 2.75) is 38.6 Å². The summed E-state index contributed by atoms with van der Waals surface area (Å²) in [6, 6.07) is 13.2. The SMILES string of the molecule is CCc1ccc([C@@H]2CC(c3cc(OC)ccc3OC)=NN2C(=O)CCC(=O)O)cc1. The van der Waals surface area contributed by atoms with Crippen LogP contribution in [-0.4, -0.2) is 41.9 Å². The van der Waals surface area contributed by atoms with Gasteiger partial charge in [0.1, 0.15) is 11.5 Å². The Morgan fingerprint density at radius 2 is 1.83 bits per heavy atom. The number of carbonyl (C=O) groups is 2. The first-order chi connectivity index (χ1) is 14.5. The molecule has 0 saturated heterocycles. The van der Waals surface area contributed by atoms with Crippen molar-refractivity contribution >= 4 is 17.6 Å². The van der Waals surface area contributed by atoms with Crippen LogP contribution < -0.4 is 9.47 Å². The minimum Gasteiger partial charge on any atom is -0.497 e. The maximum atomic E-state index is 12.8. The highest BCUT2D eigenvalue weighted by molar-refractivity contribution is 6.05. The van der Waals surface area contributed by atoms with Crippen molar-refractivity contribution in [3.8, 4) is 11.5 Å². The van der Waals surface area contributed by atoms with Gasteiger partial charge in [-0.2, -0.15) is 5.10 Å². The molecule has 0 fully saturated rings. The summed E-state index contributed by atoms with van der Waals surface area (Å²) in [6.45, 7) is 2.09. The van der Waals surface area contributed by atoms with E-state index in [0.29, 0.717) is 23.6 Å². The highest BCUT2D eigenvalue weighted by Gasteiger charge is 2.34. The molecule has 158 valence electrons. The van der Waals surface area contributed by atoms with E-state index in [9.17, 15) is 9.59 Å². The fourth-order valence-electron chi connectivity index (χ4n) is 3.51. The van der Waals surface area contributed by atoms with Gasteiger partial charge >= 0.3 is 5.97 Å². The molecule has 1 aliphatic rings. The molecule has 0 spiro atoms. The van der Waals surface area contributed by atoms with E-state index >= 15 is 0 Å². The molecule has 0 saturated carbocycles. The number of benzene rings is 2. The summed E-state index contributed by atoms with van der Waals surface area (Å²) in [4.78, 5) is 23.8. The van der Waals surface area contributed by atoms with Crippen molar-refractivity contribution in [3.05, 3.63) is 59.2 Å². The Bertz CT molecular complexity index is 953. The molecule has 0 bridgehead atoms. The van der Waals surface area contributed by atoms with Crippen LogP contribution in [0.4, 0.5) is 0 Å². The summed E-state index contributed by atoms with van der Waals surface area (Å²) in [5, 5.41) is 15.0. The molecule has 1 heterocycles. The van der Waals surface area contributed by atoms with Crippen molar-refractivity contribution < 1.29 is 24.2 Å². The van der Waals surface area contributed by atoms with Crippen LogP contribution >= 0.6 is 0 Å². The van der Waals surface area contributed by atoms with Crippen LogP contribution in [0.15, 0.2) is 47.6 Å². The van der Waals surface area contributed by atoms with Gasteiger partial charge in [0.2, 0.25) is 5.91 Å². The molecule has 0 aliphatic carbocycles. The number of aliphatic carboxylic acids is 1. The fraction of sp³-hybridized carbons (Fsp3) is 0.348. The van der Waals surface area contributed by atoms with E-state index in [1.807, 2.05) is 30.3 Å². The zero-order valence-electron chi connectivity index (χ0n) is 17.4. The van der Waals surface area contributed by atoms with Crippen LogP contribution in [-0.2, 0) is 16.0 Å². The molecule has 0 aromatic heterocycles. The number of rotatable bonds is 8. The minimum atomic E-state index is -1.01. The minimum absolute atomic E-state index is 0.106. The lowest BCUT2D eigenvalue weighted by atomic mass is 9.96. The molecule has 1 N–H and O–H groups in total. The summed E-state index contributed by atoms with van der Waals surface area (Å²) < 4.78 is 10.8. The average Bonchev–Trinajstić information content (AvgIpc) is 3.22. The van der Waals surface area contributed by atoms with Gasteiger partial charge < -0.3 is 14.6 Å². The quantitative estimate of drug-likeness (QED) is 0.715. The van der Waals surface area contributed by atoms with Gasteiger partial charge in [-0.25, -0.2) is 5.01 Å². The molecular weight excluding hydrogens is 384 g/mol. The zero-order chi connectivity index (χ0) is 21.7. The van der Waals surface area contributed by atoms with Gasteiger partial charge in [-0.3, -0.25) is 9.59 Å². The number of hydrogen-bond acceptors (Lipinski definition) is 5. The monoisotopic (exact) mass is 410 g/mol. The van der Waals surface area contributed by atoms with Gasteiger partial charge in [-0.1, -0.05) is 31.2 Å². The maximum Gasteiger partial charge on any atom is 0.303 e. The molecular formula is C23H26N2O5. The van der Waals surface area contributed by atoms with Crippen LogP contribution in [0.5, 0.6) is 11.5 Å². The van der Waals surface area contributed by atoms with E-state index in [-0.39, 0.29) is 24.8 Å². The third-order valence-electron chi connectivity index (χ3n) is 5.21. The summed E-state index contributed by atoms with van der Waals surface area (Å²) in [6.07, 6.45) is 1.08. The lowest BCUT2D eigenvalue weighted by Crippen LogP contribution is -2.27. The third kappa shape index (κ3) is 4.62. The molecule has 2 aromatic carbocycles. The number of ether oxygens (including phenoxy) is 2. The third-order valence-corrected chi connectivity index (χ3v) is 5.21. The molecule has 1 amide bonds. The van der Waals surface area contributed by atoms with Crippen LogP contribution in [0.3, 0.4) is 0 Å². The van der Waals surface area contributed by atoms with Crippen LogP contribution in [0.25, 0.3) is 0 Å². The van der Waals surface area contributed by atoms with E-state index in [1.165, 1.54) is 10.6 Å². The van der Waals surface area contributed by atoms with Crippen LogP contribution in [0.2, 0.25) is 0 Å². The van der Waals surface area contributed by atoms with Gasteiger partial charge in [0.25, 0.3) is 0 Å². The molecule has 7 nitrogen and oxygen atoms in total. The van der Waals surface area contributed by atoms with Crippen molar-refractivity contribution in [2.75, 3.05) is 14.2 Å². The molecule has 0 radical (unpaired) electrons. The van der Waals surface area contributed by atoms with Gasteiger partial charge in [0.05, 0.1) is 32.4 Å². The van der Waals surface area contributed by atoms with Crippen molar-refractivity contribution in [1.29, 1.82) is 0 Å². The Balaban J connectivity index is 1.98. The Kier molecular flexibility index (Phi) is 6.72. The Morgan fingerprint density at radius 1 is 1.10 bits per heavy atom. The first kappa shape index (κ1) is 21.4. The number of nitrogens with zero attached hydrogens (tertiary/aromatic N) is 2. The zero-order valence-corrected chi connectivity index (χ0v) is 17.4. The summed E-state index contributed by atoms with van der Waals surface area (Å²) >= 11 is 0. The number of carboxylic acid groups (broad SMARTS) is 1. The Labute approximate surface area is 175 Å². The number of aryl methyl sites for hydroxylation is 1. The number of methoxy groups -OCH3 is 2. The summed E-state index contributed by atoms with van der Waals surface area (Å²) in [7, 11) is 3.17. The molecule has 2 aromatic rings. The molecule has 3 rings (SSSR count). The standard InChI is InChI=1S/C23H26N2O5/c1-4-15-5-7-16(8-6-15)20-14-19(24-25(20)22(26)11-12-23(27)28)18-13-17(29-2)9-10-21(18)30-3/h5-10,13,20H,4,11-12,14H2,1-3H3,(H,27,28)/t20-/m0/s1. The smallest absolute Gasteiger partial charge is 0.303 e. The number of hydrogen-bond donors (Lipinski definition) is 1. The van der Waals surface area contributed by atoms with Gasteiger partial charge in [0, 0.05) is 18.4 Å². The van der Waals surface area contributed by atoms with E-state index in [0.717, 1.165) is 17.5 Å². The first-order valence-electron chi connectivity index (χ1n) is 9.89. The fourth-order valence-corrected chi connectivity index (χ4v) is 3.51. The lowest BCUT2D eigenvalue weighted by Gasteiger charge is -2.22. The topological polar surface area (TPSA) is 88.4 Å². The highest BCUT2D eigenvalue weighted by Crippen LogP contribution is 2.36. The molecule has 1 atom stereocenters. The maximum absolute atomic E-state index is 12.8. The van der Waals surface area contributed by atoms with E-state index < -0.39 is 5.97 Å². The van der Waals surface area contributed by atoms with Crippen molar-refractivity contribution in [1.82, 2.24) is 5.01 Å². The number of carbonyl (C=O) groups excluding carboxylic acids is 1. The van der Waals surface area contributed by atoms with E-state index in [2.05, 4.69) is 12.0 Å². The Morgan fingerprint density at radius 3 is 2.43 bits per heavy atom. The predicted molar refractivity (Wildman–Crippen MR) is 113 cm³/mol. The van der Waals surface area contributed by atoms with Crippen LogP contribution in [0, 0.1) is 0 Å². The number of carboxylic acids is 1. The van der Waals surface area contributed by atoms with Crippen molar-refractivity contribution in [3.63, 3.8) is 0 Å². The van der Waals surface area contributed by atoms with Crippen LogP contribution in [0.1, 0.15) is 48.9 Å². The van der Waals surface area contributed by atoms with Gasteiger partial charge in [-0.15, -0.1) is 0 Å². The summed E-state index contributed by atoms with van der Waals surface area (Å²) in [5.74, 6) is -0.0358. The van der Waals surface area contributed by atoms with Gasteiger partial charge in [-0.05, 0) is 35.7 Å². The summed E-state index contributed by atoms with van der Waals surface area (Å²) in [5.41, 5.74) is 3.60. The average molecular weight is 410 g/mol. The second-order valence-corrected chi connectivity index (χ2v) is 7.06. The highest BCUT2D eigenvalue weighted by atomic mass is 16.5. The molecule has 30 heavy (non-hydrogen) atoms. The number of hydrazone groups is 1. The molecule has 1 aliphatic heterocycles. The predicted octanol–water partition coefficient (Wildman–Crippen LogP) is 3.81. The lowest BCUT2D eigenvalue weighted by molar-refractivity contribution is -0.141. The molecule has 0 unspecified atom stereocenters. The largest absolute Gasteiger partial charge is 0.497 e. The first-order valence-corrected chi connectivity index (χ1v) is 9.89. The second-order valence-electron chi connectivity index (χ2n) is 7.06. The van der Waals surface area contributed by atoms with E-state index in [4.69, 9.17) is 14.6 Å². The molecule has 7 heteroatoms. The van der Waals surface area contributed by atoms with Gasteiger partial charge in [0.15, 0.2) is 0 Å². The number of amides is 1.